The number of carbonyl (C=O) groups excluding carboxylic acids is 1. The van der Waals surface area contributed by atoms with Crippen molar-refractivity contribution < 1.29 is 9.53 Å². The van der Waals surface area contributed by atoms with Crippen LogP contribution in [0.25, 0.3) is 0 Å². The van der Waals surface area contributed by atoms with Gasteiger partial charge in [-0.1, -0.05) is 19.4 Å². The number of nitrogens with one attached hydrogen (secondary N) is 1. The molecule has 128 valence electrons. The molecule has 0 fully saturated rings. The Labute approximate surface area is 143 Å². The van der Waals surface area contributed by atoms with Crippen molar-refractivity contribution >= 4 is 5.91 Å². The van der Waals surface area contributed by atoms with Crippen molar-refractivity contribution in [3.63, 3.8) is 0 Å². The maximum absolute atomic E-state index is 12.0. The van der Waals surface area contributed by atoms with E-state index in [1.165, 1.54) is 0 Å². The van der Waals surface area contributed by atoms with E-state index in [4.69, 9.17) is 11.2 Å². The molecule has 0 aromatic carbocycles. The van der Waals surface area contributed by atoms with E-state index in [1.807, 2.05) is 12.1 Å². The Hall–Kier alpha value is -2.42. The molecule has 1 aliphatic rings. The number of aromatic nitrogens is 1. The minimum Gasteiger partial charge on any atom is -0.477 e. The lowest BCUT2D eigenvalue weighted by molar-refractivity contribution is -0.121. The van der Waals surface area contributed by atoms with Gasteiger partial charge in [0, 0.05) is 44.0 Å². The zero-order chi connectivity index (χ0) is 17.3. The third-order valence-electron chi connectivity index (χ3n) is 3.87. The summed E-state index contributed by atoms with van der Waals surface area (Å²) in [6, 6.07) is 3.75. The third kappa shape index (κ3) is 5.65. The Morgan fingerprint density at radius 3 is 2.96 bits per heavy atom. The first-order chi connectivity index (χ1) is 11.7. The minimum atomic E-state index is -0.410. The average Bonchev–Trinajstić information content (AvgIpc) is 3.38. The van der Waals surface area contributed by atoms with E-state index in [0.717, 1.165) is 24.8 Å². The molecule has 2 rings (SSSR count). The van der Waals surface area contributed by atoms with Crippen molar-refractivity contribution in [3.05, 3.63) is 23.9 Å². The second-order valence-corrected chi connectivity index (χ2v) is 5.83. The normalized spacial score (nSPS) is 14.0. The topological polar surface area (TPSA) is 75.9 Å². The molecule has 0 saturated heterocycles. The summed E-state index contributed by atoms with van der Waals surface area (Å²) in [4.78, 5) is 16.3. The molecule has 0 aliphatic carbocycles. The van der Waals surface area contributed by atoms with Crippen LogP contribution in [0.1, 0.15) is 51.0 Å². The van der Waals surface area contributed by atoms with Gasteiger partial charge in [0.05, 0.1) is 6.61 Å². The number of carbonyl (C=O) groups is 1. The summed E-state index contributed by atoms with van der Waals surface area (Å²) < 4.78 is 5.67. The van der Waals surface area contributed by atoms with Crippen LogP contribution in [0.5, 0.6) is 5.88 Å². The number of nitrogens with zero attached hydrogens (tertiary/aromatic N) is 3. The van der Waals surface area contributed by atoms with Crippen LogP contribution in [0.2, 0.25) is 0 Å². The van der Waals surface area contributed by atoms with Gasteiger partial charge in [0.1, 0.15) is 0 Å². The summed E-state index contributed by atoms with van der Waals surface area (Å²) in [6.07, 6.45) is 11.3. The fourth-order valence-corrected chi connectivity index (χ4v) is 2.27. The molecule has 1 aromatic heterocycles. The summed E-state index contributed by atoms with van der Waals surface area (Å²) in [7, 11) is 0. The van der Waals surface area contributed by atoms with Crippen molar-refractivity contribution in [2.24, 2.45) is 10.2 Å². The van der Waals surface area contributed by atoms with Crippen molar-refractivity contribution in [2.45, 2.75) is 57.7 Å². The quantitative estimate of drug-likeness (QED) is 0.500. The molecule has 0 unspecified atom stereocenters. The second kappa shape index (κ2) is 9.02. The molecule has 0 spiro atoms. The minimum absolute atomic E-state index is 0.0317. The van der Waals surface area contributed by atoms with Crippen LogP contribution in [-0.4, -0.2) is 23.2 Å². The average molecular weight is 328 g/mol. The predicted octanol–water partition coefficient (Wildman–Crippen LogP) is 3.23. The molecule has 6 nitrogen and oxygen atoms in total. The Balaban J connectivity index is 1.75. The largest absolute Gasteiger partial charge is 0.477 e. The Bertz CT molecular complexity index is 616. The van der Waals surface area contributed by atoms with E-state index in [-0.39, 0.29) is 5.91 Å². The second-order valence-electron chi connectivity index (χ2n) is 5.83. The lowest BCUT2D eigenvalue weighted by Gasteiger charge is -2.12. The zero-order valence-electron chi connectivity index (χ0n) is 14.1. The number of ether oxygens (including phenoxy) is 1. The van der Waals surface area contributed by atoms with Gasteiger partial charge in [-0.2, -0.15) is 10.2 Å². The molecular formula is C18H24N4O2. The van der Waals surface area contributed by atoms with Crippen LogP contribution >= 0.6 is 0 Å². The molecule has 0 atom stereocenters. The SMILES string of the molecule is C#CCCC1(CCC(=O)NCc2cccnc2OCCCC)N=N1. The van der Waals surface area contributed by atoms with Crippen LogP contribution < -0.4 is 10.1 Å². The molecule has 0 bridgehead atoms. The first-order valence-corrected chi connectivity index (χ1v) is 8.40. The van der Waals surface area contributed by atoms with E-state index < -0.39 is 5.66 Å². The molecule has 2 heterocycles. The molecule has 24 heavy (non-hydrogen) atoms. The lowest BCUT2D eigenvalue weighted by Crippen LogP contribution is -2.25. The highest BCUT2D eigenvalue weighted by atomic mass is 16.5. The molecule has 1 N–H and O–H groups in total. The van der Waals surface area contributed by atoms with Crippen LogP contribution in [-0.2, 0) is 11.3 Å². The molecule has 1 amide bonds. The standard InChI is InChI=1S/C18H24N4O2/c1-3-5-10-18(21-22-18)11-9-16(23)20-14-15-8-7-12-19-17(15)24-13-6-4-2/h1,7-8,12H,4-6,9-11,13-14H2,2H3,(H,20,23). The van der Waals surface area contributed by atoms with E-state index in [1.54, 1.807) is 6.20 Å². The highest BCUT2D eigenvalue weighted by Crippen LogP contribution is 2.37. The van der Waals surface area contributed by atoms with E-state index in [2.05, 4.69) is 33.4 Å². The first-order valence-electron chi connectivity index (χ1n) is 8.40. The van der Waals surface area contributed by atoms with Crippen LogP contribution in [0.3, 0.4) is 0 Å². The number of hydrogen-bond donors (Lipinski definition) is 1. The van der Waals surface area contributed by atoms with Crippen LogP contribution in [0.4, 0.5) is 0 Å². The molecule has 6 heteroatoms. The fourth-order valence-electron chi connectivity index (χ4n) is 2.27. The smallest absolute Gasteiger partial charge is 0.220 e. The van der Waals surface area contributed by atoms with Gasteiger partial charge in [-0.25, -0.2) is 4.98 Å². The lowest BCUT2D eigenvalue weighted by atomic mass is 10.0. The number of rotatable bonds is 11. The van der Waals surface area contributed by atoms with Crippen LogP contribution in [0.15, 0.2) is 28.6 Å². The van der Waals surface area contributed by atoms with Gasteiger partial charge in [0.2, 0.25) is 11.8 Å². The number of unbranched alkanes of at least 4 members (excludes halogenated alkanes) is 1. The number of terminal acetylenes is 1. The van der Waals surface area contributed by atoms with E-state index in [0.29, 0.717) is 38.3 Å². The first kappa shape index (κ1) is 17.9. The van der Waals surface area contributed by atoms with Crippen molar-refractivity contribution in [1.29, 1.82) is 0 Å². The molecule has 1 aromatic rings. The maximum Gasteiger partial charge on any atom is 0.220 e. The summed E-state index contributed by atoms with van der Waals surface area (Å²) in [5.41, 5.74) is 0.469. The predicted molar refractivity (Wildman–Crippen MR) is 91.4 cm³/mol. The number of pyridine rings is 1. The van der Waals surface area contributed by atoms with Crippen molar-refractivity contribution in [2.75, 3.05) is 6.61 Å². The van der Waals surface area contributed by atoms with Gasteiger partial charge >= 0.3 is 0 Å². The van der Waals surface area contributed by atoms with Crippen LogP contribution in [0, 0.1) is 12.3 Å². The molecule has 0 saturated carbocycles. The number of amides is 1. The van der Waals surface area contributed by atoms with Gasteiger partial charge in [0.25, 0.3) is 0 Å². The van der Waals surface area contributed by atoms with Crippen molar-refractivity contribution in [3.8, 4) is 18.2 Å². The monoisotopic (exact) mass is 328 g/mol. The Morgan fingerprint density at radius 1 is 1.42 bits per heavy atom. The molecular weight excluding hydrogens is 304 g/mol. The highest BCUT2D eigenvalue weighted by Gasteiger charge is 2.39. The van der Waals surface area contributed by atoms with Gasteiger partial charge < -0.3 is 10.1 Å². The summed E-state index contributed by atoms with van der Waals surface area (Å²) in [5, 5.41) is 11.0. The Morgan fingerprint density at radius 2 is 2.25 bits per heavy atom. The fraction of sp³-hybridized carbons (Fsp3) is 0.556. The number of hydrogen-bond acceptors (Lipinski definition) is 5. The Kier molecular flexibility index (Phi) is 6.74. The summed E-state index contributed by atoms with van der Waals surface area (Å²) in [6.45, 7) is 3.15. The van der Waals surface area contributed by atoms with Gasteiger partial charge in [-0.3, -0.25) is 4.79 Å². The van der Waals surface area contributed by atoms with Gasteiger partial charge in [0.15, 0.2) is 5.66 Å². The summed E-state index contributed by atoms with van der Waals surface area (Å²) >= 11 is 0. The van der Waals surface area contributed by atoms with E-state index >= 15 is 0 Å². The highest BCUT2D eigenvalue weighted by molar-refractivity contribution is 5.76. The maximum atomic E-state index is 12.0. The van der Waals surface area contributed by atoms with Crippen molar-refractivity contribution in [1.82, 2.24) is 10.3 Å². The third-order valence-corrected chi connectivity index (χ3v) is 3.87. The molecule has 1 aliphatic heterocycles. The summed E-state index contributed by atoms with van der Waals surface area (Å²) in [5.74, 6) is 3.14. The van der Waals surface area contributed by atoms with Gasteiger partial charge in [-0.05, 0) is 12.5 Å². The molecule has 0 radical (unpaired) electrons. The zero-order valence-corrected chi connectivity index (χ0v) is 14.1. The van der Waals surface area contributed by atoms with Gasteiger partial charge in [-0.15, -0.1) is 12.3 Å². The van der Waals surface area contributed by atoms with E-state index in [9.17, 15) is 4.79 Å².